The summed E-state index contributed by atoms with van der Waals surface area (Å²) in [6.45, 7) is 0.684. The van der Waals surface area contributed by atoms with E-state index in [1.54, 1.807) is 0 Å². The number of fused-ring (bicyclic) bond motifs is 1. The van der Waals surface area contributed by atoms with Crippen LogP contribution in [0.25, 0.3) is 0 Å². The van der Waals surface area contributed by atoms with Gasteiger partial charge in [0.05, 0.1) is 0 Å². The van der Waals surface area contributed by atoms with E-state index in [1.807, 2.05) is 49.3 Å². The van der Waals surface area contributed by atoms with E-state index in [0.717, 1.165) is 11.6 Å². The third-order valence-electron chi connectivity index (χ3n) is 4.32. The molecule has 11 heteroatoms. The van der Waals surface area contributed by atoms with Crippen molar-refractivity contribution in [2.24, 2.45) is 5.14 Å². The van der Waals surface area contributed by atoms with Crippen molar-refractivity contribution in [1.29, 1.82) is 0 Å². The molecule has 2 aromatic rings. The number of nitrogens with two attached hydrogens (primary N) is 1. The highest BCUT2D eigenvalue weighted by molar-refractivity contribution is 7.89. The first-order valence-electron chi connectivity index (χ1n) is 8.45. The predicted molar refractivity (Wildman–Crippen MR) is 100 cm³/mol. The smallest absolute Gasteiger partial charge is 0.480 e. The summed E-state index contributed by atoms with van der Waals surface area (Å²) in [5.41, 5.74) is 0.845. The summed E-state index contributed by atoms with van der Waals surface area (Å²) in [6.07, 6.45) is 0.0649. The van der Waals surface area contributed by atoms with Crippen LogP contribution in [0.1, 0.15) is 18.1 Å². The Labute approximate surface area is 162 Å². The molecular weight excluding hydrogens is 407 g/mol. The normalized spacial score (nSPS) is 20.4. The number of phosphoric acid groups is 1. The minimum absolute atomic E-state index is 0.00510. The highest BCUT2D eigenvalue weighted by Gasteiger charge is 2.53. The van der Waals surface area contributed by atoms with Crippen molar-refractivity contribution in [2.45, 2.75) is 17.4 Å². The van der Waals surface area contributed by atoms with Gasteiger partial charge < -0.3 is 23.2 Å². The van der Waals surface area contributed by atoms with Crippen LogP contribution in [-0.4, -0.2) is 34.0 Å². The summed E-state index contributed by atoms with van der Waals surface area (Å²) < 4.78 is 58.2. The van der Waals surface area contributed by atoms with Gasteiger partial charge in [-0.25, -0.2) is 13.6 Å². The van der Waals surface area contributed by atoms with Crippen molar-refractivity contribution in [3.8, 4) is 23.0 Å². The number of ether oxygens (including phenoxy) is 1. The number of nitrogens with zero attached hydrogens (tertiary/aromatic N) is 1. The third kappa shape index (κ3) is 3.44. The SMILES string of the molecule is CN(C)CCC(Oc1c(S(N)(=O)=O)cc2c3c1OP(=O)(O2)O3)c1ccccc1. The highest BCUT2D eigenvalue weighted by atomic mass is 32.2. The maximum Gasteiger partial charge on any atom is 0.647 e. The molecule has 2 atom stereocenters. The number of hydrogen-bond acceptors (Lipinski definition) is 8. The van der Waals surface area contributed by atoms with Crippen molar-refractivity contribution in [1.82, 2.24) is 4.90 Å². The van der Waals surface area contributed by atoms with E-state index >= 15 is 0 Å². The summed E-state index contributed by atoms with van der Waals surface area (Å²) in [5, 5.41) is 5.37. The second-order valence-corrected chi connectivity index (χ2v) is 9.71. The molecule has 2 N–H and O–H groups in total. The lowest BCUT2D eigenvalue weighted by molar-refractivity contribution is 0.170. The van der Waals surface area contributed by atoms with E-state index in [9.17, 15) is 13.0 Å². The molecule has 9 nitrogen and oxygen atoms in total. The second-order valence-electron chi connectivity index (χ2n) is 6.74. The lowest BCUT2D eigenvalue weighted by Gasteiger charge is -2.24. The van der Waals surface area contributed by atoms with E-state index in [1.165, 1.54) is 0 Å². The Kier molecular flexibility index (Phi) is 4.54. The molecule has 0 saturated heterocycles. The zero-order valence-electron chi connectivity index (χ0n) is 15.2. The molecule has 2 aromatic carbocycles. The van der Waals surface area contributed by atoms with Crippen LogP contribution in [0.3, 0.4) is 0 Å². The fourth-order valence-corrected chi connectivity index (χ4v) is 4.96. The maximum atomic E-state index is 12.3. The van der Waals surface area contributed by atoms with Crippen molar-refractivity contribution in [3.05, 3.63) is 42.0 Å². The second kappa shape index (κ2) is 6.66. The first kappa shape index (κ1) is 19.1. The van der Waals surface area contributed by atoms with Crippen LogP contribution in [0.5, 0.6) is 23.0 Å². The molecule has 0 fully saturated rings. The molecule has 150 valence electrons. The van der Waals surface area contributed by atoms with Gasteiger partial charge in [0.15, 0.2) is 11.5 Å². The Hall–Kier alpha value is -2.26. The van der Waals surface area contributed by atoms with E-state index in [0.29, 0.717) is 13.0 Å². The minimum Gasteiger partial charge on any atom is -0.480 e. The number of sulfonamides is 1. The molecule has 4 rings (SSSR count). The van der Waals surface area contributed by atoms with Gasteiger partial charge in [-0.3, -0.25) is 0 Å². The first-order valence-corrected chi connectivity index (χ1v) is 11.5. The molecule has 2 heterocycles. The molecule has 2 unspecified atom stereocenters. The van der Waals surface area contributed by atoms with Gasteiger partial charge >= 0.3 is 7.82 Å². The number of rotatable bonds is 7. The van der Waals surface area contributed by atoms with Crippen molar-refractivity contribution >= 4 is 17.8 Å². The Morgan fingerprint density at radius 1 is 1.14 bits per heavy atom. The van der Waals surface area contributed by atoms with Gasteiger partial charge in [-0.15, -0.1) is 0 Å². The molecule has 2 aliphatic rings. The summed E-state index contributed by atoms with van der Waals surface area (Å²) in [6, 6.07) is 10.5. The van der Waals surface area contributed by atoms with Gasteiger partial charge in [0.1, 0.15) is 11.0 Å². The summed E-state index contributed by atoms with van der Waals surface area (Å²) in [5.74, 6) is -0.132. The molecule has 0 amide bonds. The Morgan fingerprint density at radius 3 is 2.43 bits per heavy atom. The number of phosphoric ester groups is 1. The molecule has 0 spiro atoms. The van der Waals surface area contributed by atoms with E-state index < -0.39 is 23.9 Å². The predicted octanol–water partition coefficient (Wildman–Crippen LogP) is 2.68. The van der Waals surface area contributed by atoms with E-state index in [4.69, 9.17) is 23.4 Å². The quantitative estimate of drug-likeness (QED) is 0.672. The van der Waals surface area contributed by atoms with Crippen LogP contribution in [0.4, 0.5) is 0 Å². The van der Waals surface area contributed by atoms with Crippen molar-refractivity contribution in [2.75, 3.05) is 20.6 Å². The minimum atomic E-state index is -4.17. The summed E-state index contributed by atoms with van der Waals surface area (Å²) in [7, 11) is -4.14. The first-order chi connectivity index (χ1) is 13.2. The van der Waals surface area contributed by atoms with Crippen LogP contribution in [0, 0.1) is 0 Å². The summed E-state index contributed by atoms with van der Waals surface area (Å²) >= 11 is 0. The van der Waals surface area contributed by atoms with Crippen LogP contribution < -0.4 is 23.4 Å². The Bertz CT molecular complexity index is 1070. The fraction of sp³-hybridized carbons (Fsp3) is 0.294. The van der Waals surface area contributed by atoms with Gasteiger partial charge in [-0.2, -0.15) is 4.57 Å². The zero-order valence-corrected chi connectivity index (χ0v) is 16.9. The molecule has 0 radical (unpaired) electrons. The lowest BCUT2D eigenvalue weighted by Crippen LogP contribution is -2.20. The van der Waals surface area contributed by atoms with Crippen molar-refractivity contribution in [3.63, 3.8) is 0 Å². The Balaban J connectivity index is 1.79. The monoisotopic (exact) mass is 426 g/mol. The van der Waals surface area contributed by atoms with E-state index in [-0.39, 0.29) is 27.9 Å². The van der Waals surface area contributed by atoms with Crippen molar-refractivity contribution < 1.29 is 31.3 Å². The Morgan fingerprint density at radius 2 is 1.82 bits per heavy atom. The molecule has 2 aliphatic heterocycles. The van der Waals surface area contributed by atoms with Gasteiger partial charge in [0, 0.05) is 19.0 Å². The van der Waals surface area contributed by atoms with Crippen LogP contribution >= 0.6 is 7.82 Å². The topological polar surface area (TPSA) is 117 Å². The van der Waals surface area contributed by atoms with Gasteiger partial charge in [0.25, 0.3) is 0 Å². The average molecular weight is 426 g/mol. The maximum absolute atomic E-state index is 12.3. The standard InChI is InChI=1S/C17H19N2O7PS/c1-19(2)9-8-12(11-6-4-3-5-7-11)23-16-14(28(18,21)22)10-13-15-17(16)26-27(20,24-13)25-15/h3-7,10,12H,8-9H2,1-2H3,(H2,18,21,22). The number of primary sulfonamides is 1. The van der Waals surface area contributed by atoms with Gasteiger partial charge in [-0.1, -0.05) is 30.3 Å². The van der Waals surface area contributed by atoms with Gasteiger partial charge in [-0.05, 0) is 19.7 Å². The number of benzene rings is 2. The molecule has 0 aliphatic carbocycles. The van der Waals surface area contributed by atoms with Crippen LogP contribution in [-0.2, 0) is 14.6 Å². The number of hydrogen-bond donors (Lipinski definition) is 1. The molecule has 0 aromatic heterocycles. The van der Waals surface area contributed by atoms with Gasteiger partial charge in [0.2, 0.25) is 21.5 Å². The van der Waals surface area contributed by atoms with E-state index in [2.05, 4.69) is 0 Å². The molecule has 28 heavy (non-hydrogen) atoms. The third-order valence-corrected chi connectivity index (χ3v) is 6.46. The molecule has 2 bridgehead atoms. The highest BCUT2D eigenvalue weighted by Crippen LogP contribution is 2.72. The zero-order chi connectivity index (χ0) is 20.1. The molecular formula is C17H19N2O7PS. The lowest BCUT2D eigenvalue weighted by atomic mass is 10.1. The van der Waals surface area contributed by atoms with Crippen LogP contribution in [0.2, 0.25) is 0 Å². The van der Waals surface area contributed by atoms with Crippen LogP contribution in [0.15, 0.2) is 41.3 Å². The fourth-order valence-electron chi connectivity index (χ4n) is 3.02. The summed E-state index contributed by atoms with van der Waals surface area (Å²) in [4.78, 5) is 1.67. The molecule has 0 saturated carbocycles. The largest absolute Gasteiger partial charge is 0.647 e. The average Bonchev–Trinajstić information content (AvgIpc) is 3.13.